The Balaban J connectivity index is 1.53. The number of fused-ring (bicyclic) bond motifs is 4. The van der Waals surface area contributed by atoms with Gasteiger partial charge in [0.2, 0.25) is 4.96 Å². The molecular weight excluding hydrogens is 375 g/mol. The molecule has 0 atom stereocenters. The Morgan fingerprint density at radius 3 is 2.15 bits per heavy atom. The van der Waals surface area contributed by atoms with Crippen molar-refractivity contribution in [3.8, 4) is 0 Å². The molecular formula is C18H12F3N5S. The van der Waals surface area contributed by atoms with Gasteiger partial charge in [-0.2, -0.15) is 22.8 Å². The minimum Gasteiger partial charge on any atom is -0.340 e. The van der Waals surface area contributed by atoms with Crippen LogP contribution in [0.25, 0.3) is 26.8 Å². The molecule has 136 valence electrons. The van der Waals surface area contributed by atoms with Crippen molar-refractivity contribution in [1.82, 2.24) is 24.4 Å². The molecule has 9 heteroatoms. The number of benzene rings is 2. The number of para-hydroxylation sites is 2. The third-order valence-electron chi connectivity index (χ3n) is 4.52. The van der Waals surface area contributed by atoms with Crippen LogP contribution in [0.4, 0.5) is 13.2 Å². The number of aromatic nitrogens is 5. The van der Waals surface area contributed by atoms with Crippen LogP contribution < -0.4 is 0 Å². The van der Waals surface area contributed by atoms with Gasteiger partial charge < -0.3 is 4.57 Å². The molecule has 0 bridgehead atoms. The van der Waals surface area contributed by atoms with Gasteiger partial charge in [-0.05, 0) is 12.1 Å². The van der Waals surface area contributed by atoms with Crippen LogP contribution in [-0.2, 0) is 19.1 Å². The Morgan fingerprint density at radius 2 is 1.52 bits per heavy atom. The van der Waals surface area contributed by atoms with Gasteiger partial charge >= 0.3 is 6.18 Å². The number of rotatable bonds is 3. The lowest BCUT2D eigenvalue weighted by atomic mass is 10.2. The smallest absolute Gasteiger partial charge is 0.340 e. The molecule has 3 heterocycles. The lowest BCUT2D eigenvalue weighted by Crippen LogP contribution is -2.11. The average Bonchev–Trinajstić information content (AvgIpc) is 3.30. The van der Waals surface area contributed by atoms with Crippen LogP contribution in [0.1, 0.15) is 10.8 Å². The first kappa shape index (κ1) is 16.2. The first-order valence-corrected chi connectivity index (χ1v) is 9.08. The van der Waals surface area contributed by atoms with Crippen molar-refractivity contribution >= 4 is 38.1 Å². The highest BCUT2D eigenvalue weighted by Gasteiger charge is 2.38. The van der Waals surface area contributed by atoms with E-state index >= 15 is 0 Å². The van der Waals surface area contributed by atoms with Crippen LogP contribution in [0.2, 0.25) is 0 Å². The van der Waals surface area contributed by atoms with Gasteiger partial charge in [0.15, 0.2) is 0 Å². The summed E-state index contributed by atoms with van der Waals surface area (Å²) >= 11 is 1.13. The van der Waals surface area contributed by atoms with Gasteiger partial charge in [0.1, 0.15) is 5.01 Å². The third kappa shape index (κ3) is 2.57. The topological polar surface area (TPSA) is 48.0 Å². The second-order valence-corrected chi connectivity index (χ2v) is 7.19. The SMILES string of the molecule is FC(F)(F)c1nnc2sc(CCn3c4ccccc4c4ccccc43)nn12. The largest absolute Gasteiger partial charge is 0.453 e. The third-order valence-corrected chi connectivity index (χ3v) is 5.47. The quantitative estimate of drug-likeness (QED) is 0.456. The van der Waals surface area contributed by atoms with Crippen molar-refractivity contribution in [1.29, 1.82) is 0 Å². The van der Waals surface area contributed by atoms with Gasteiger partial charge in [-0.1, -0.05) is 47.7 Å². The van der Waals surface area contributed by atoms with E-state index < -0.39 is 12.0 Å². The molecule has 5 aromatic rings. The lowest BCUT2D eigenvalue weighted by Gasteiger charge is -2.05. The maximum Gasteiger partial charge on any atom is 0.453 e. The van der Waals surface area contributed by atoms with Gasteiger partial charge in [0.05, 0.1) is 0 Å². The van der Waals surface area contributed by atoms with Crippen LogP contribution in [0.5, 0.6) is 0 Å². The monoisotopic (exact) mass is 387 g/mol. The van der Waals surface area contributed by atoms with Crippen molar-refractivity contribution in [2.75, 3.05) is 0 Å². The van der Waals surface area contributed by atoms with E-state index in [4.69, 9.17) is 0 Å². The Labute approximate surface area is 154 Å². The Bertz CT molecular complexity index is 1230. The zero-order valence-corrected chi connectivity index (χ0v) is 14.6. The highest BCUT2D eigenvalue weighted by atomic mass is 32.1. The highest BCUT2D eigenvalue weighted by Crippen LogP contribution is 2.31. The molecule has 0 aliphatic carbocycles. The second-order valence-electron chi connectivity index (χ2n) is 6.15. The molecule has 0 aliphatic heterocycles. The molecule has 0 unspecified atom stereocenters. The number of alkyl halides is 3. The fraction of sp³-hybridized carbons (Fsp3) is 0.167. The normalized spacial score (nSPS) is 12.6. The summed E-state index contributed by atoms with van der Waals surface area (Å²) < 4.78 is 41.8. The molecule has 5 rings (SSSR count). The zero-order valence-electron chi connectivity index (χ0n) is 13.8. The minimum absolute atomic E-state index is 0.152. The molecule has 3 aromatic heterocycles. The van der Waals surface area contributed by atoms with Crippen LogP contribution in [0.15, 0.2) is 48.5 Å². The van der Waals surface area contributed by atoms with E-state index in [0.29, 0.717) is 18.0 Å². The standard InChI is InChI=1S/C18H12F3N5S/c19-18(20,21)16-22-23-17-26(16)24-15(27-17)9-10-25-13-7-3-1-5-11(13)12-6-2-4-8-14(12)25/h1-8H,9-10H2. The molecule has 0 aliphatic rings. The van der Waals surface area contributed by atoms with Crippen molar-refractivity contribution in [3.63, 3.8) is 0 Å². The van der Waals surface area contributed by atoms with Gasteiger partial charge in [-0.15, -0.1) is 10.2 Å². The molecule has 0 spiro atoms. The number of halogens is 3. The van der Waals surface area contributed by atoms with Gasteiger partial charge in [0, 0.05) is 34.8 Å². The van der Waals surface area contributed by atoms with E-state index in [1.54, 1.807) is 0 Å². The molecule has 0 N–H and O–H groups in total. The van der Waals surface area contributed by atoms with E-state index in [2.05, 4.69) is 44.1 Å². The molecule has 0 saturated carbocycles. The summed E-state index contributed by atoms with van der Waals surface area (Å²) in [7, 11) is 0. The van der Waals surface area contributed by atoms with Crippen LogP contribution in [0.3, 0.4) is 0 Å². The van der Waals surface area contributed by atoms with Crippen molar-refractivity contribution in [2.45, 2.75) is 19.1 Å². The van der Waals surface area contributed by atoms with E-state index in [-0.39, 0.29) is 4.96 Å². The molecule has 0 radical (unpaired) electrons. The lowest BCUT2D eigenvalue weighted by molar-refractivity contribution is -0.146. The summed E-state index contributed by atoms with van der Waals surface area (Å²) in [5.74, 6) is -1.09. The van der Waals surface area contributed by atoms with Crippen molar-refractivity contribution in [2.24, 2.45) is 0 Å². The molecule has 0 fully saturated rings. The van der Waals surface area contributed by atoms with E-state index in [9.17, 15) is 13.2 Å². The Morgan fingerprint density at radius 1 is 0.889 bits per heavy atom. The Hall–Kier alpha value is -2.94. The number of nitrogens with zero attached hydrogens (tertiary/aromatic N) is 5. The first-order valence-electron chi connectivity index (χ1n) is 8.26. The second kappa shape index (κ2) is 5.78. The summed E-state index contributed by atoms with van der Waals surface area (Å²) in [5, 5.41) is 13.8. The first-order chi connectivity index (χ1) is 13.0. The predicted molar refractivity (Wildman–Crippen MR) is 96.8 cm³/mol. The van der Waals surface area contributed by atoms with Crippen molar-refractivity contribution in [3.05, 3.63) is 59.4 Å². The van der Waals surface area contributed by atoms with Crippen molar-refractivity contribution < 1.29 is 13.2 Å². The maximum absolute atomic E-state index is 13.0. The van der Waals surface area contributed by atoms with E-state index in [1.807, 2.05) is 24.3 Å². The molecule has 2 aromatic carbocycles. The summed E-state index contributed by atoms with van der Waals surface area (Å²) in [6, 6.07) is 16.2. The van der Waals surface area contributed by atoms with E-state index in [1.165, 1.54) is 0 Å². The van der Waals surface area contributed by atoms with Gasteiger partial charge in [-0.3, -0.25) is 0 Å². The van der Waals surface area contributed by atoms with Gasteiger partial charge in [0.25, 0.3) is 5.82 Å². The molecule has 27 heavy (non-hydrogen) atoms. The minimum atomic E-state index is -4.57. The van der Waals surface area contributed by atoms with Crippen LogP contribution in [-0.4, -0.2) is 24.4 Å². The fourth-order valence-electron chi connectivity index (χ4n) is 3.39. The van der Waals surface area contributed by atoms with Crippen LogP contribution >= 0.6 is 11.3 Å². The number of aryl methyl sites for hydroxylation is 2. The van der Waals surface area contributed by atoms with E-state index in [0.717, 1.165) is 37.7 Å². The summed E-state index contributed by atoms with van der Waals surface area (Å²) in [5.41, 5.74) is 2.19. The highest BCUT2D eigenvalue weighted by molar-refractivity contribution is 7.16. The Kier molecular flexibility index (Phi) is 3.48. The van der Waals surface area contributed by atoms with Crippen LogP contribution in [0, 0.1) is 0 Å². The fourth-order valence-corrected chi connectivity index (χ4v) is 4.21. The molecule has 5 nitrogen and oxygen atoms in total. The maximum atomic E-state index is 13.0. The summed E-state index contributed by atoms with van der Waals surface area (Å²) in [6.07, 6.45) is -4.06. The zero-order chi connectivity index (χ0) is 18.6. The summed E-state index contributed by atoms with van der Waals surface area (Å²) in [6.45, 7) is 0.611. The average molecular weight is 387 g/mol. The number of hydrogen-bond donors (Lipinski definition) is 0. The number of hydrogen-bond acceptors (Lipinski definition) is 4. The predicted octanol–water partition coefficient (Wildman–Crippen LogP) is 4.56. The molecule has 0 amide bonds. The van der Waals surface area contributed by atoms with Gasteiger partial charge in [-0.25, -0.2) is 0 Å². The summed E-state index contributed by atoms with van der Waals surface area (Å²) in [4.78, 5) is 0.152. The molecule has 0 saturated heterocycles.